The fourth-order valence-corrected chi connectivity index (χ4v) is 7.36. The summed E-state index contributed by atoms with van der Waals surface area (Å²) >= 11 is 0. The molecule has 53 heavy (non-hydrogen) atoms. The zero-order valence-corrected chi connectivity index (χ0v) is 31.8. The molecule has 0 N–H and O–H groups in total. The first kappa shape index (κ1) is 38.2. The Morgan fingerprint density at radius 2 is 1.00 bits per heavy atom. The summed E-state index contributed by atoms with van der Waals surface area (Å²) in [5.74, 6) is -3.67. The number of carboxylic acid groups (broad SMARTS) is 2. The molecule has 0 aliphatic carbocycles. The molecule has 0 bridgehead atoms. The summed E-state index contributed by atoms with van der Waals surface area (Å²) in [5.41, 5.74) is -0.882. The summed E-state index contributed by atoms with van der Waals surface area (Å²) in [7, 11) is 4.02. The zero-order valence-electron chi connectivity index (χ0n) is 29.6. The number of benzene rings is 2. The number of likely N-dealkylation sites (N-methyl/N-ethyl adjacent to an activating group) is 2. The van der Waals surface area contributed by atoms with Gasteiger partial charge in [0.05, 0.1) is 57.0 Å². The van der Waals surface area contributed by atoms with Crippen LogP contribution in [0.3, 0.4) is 0 Å². The van der Waals surface area contributed by atoms with Gasteiger partial charge in [-0.25, -0.2) is 8.78 Å². The van der Waals surface area contributed by atoms with Crippen LogP contribution in [0.1, 0.15) is 46.6 Å². The molecule has 4 aromatic rings. The molecule has 2 aromatic carbocycles. The van der Waals surface area contributed by atoms with Gasteiger partial charge in [-0.2, -0.15) is 0 Å². The van der Waals surface area contributed by atoms with Crippen molar-refractivity contribution < 1.29 is 59.1 Å². The van der Waals surface area contributed by atoms with Gasteiger partial charge in [-0.15, -0.1) is 0 Å². The van der Waals surface area contributed by atoms with Crippen LogP contribution in [0, 0.1) is 11.6 Å². The Morgan fingerprint density at radius 1 is 0.660 bits per heavy atom. The Morgan fingerprint density at radius 3 is 1.32 bits per heavy atom. The van der Waals surface area contributed by atoms with Crippen LogP contribution in [0.25, 0.3) is 21.8 Å². The predicted octanol–water partition coefficient (Wildman–Crippen LogP) is 0.416. The Bertz CT molecular complexity index is 2090. The van der Waals surface area contributed by atoms with Crippen molar-refractivity contribution in [3.63, 3.8) is 0 Å². The van der Waals surface area contributed by atoms with Crippen LogP contribution in [0.5, 0.6) is 11.5 Å². The molecule has 2 aromatic heterocycles. The number of rotatable bonds is 4. The third-order valence-corrected chi connectivity index (χ3v) is 10.4. The Labute approximate surface area is 316 Å². The van der Waals surface area contributed by atoms with E-state index in [2.05, 4.69) is 9.80 Å². The second kappa shape index (κ2) is 14.7. The van der Waals surface area contributed by atoms with E-state index in [1.54, 1.807) is 9.13 Å². The number of aromatic carboxylic acids is 2. The van der Waals surface area contributed by atoms with Crippen LogP contribution in [-0.2, 0) is 21.1 Å². The van der Waals surface area contributed by atoms with E-state index >= 15 is 0 Å². The number of carbonyl (C=O) groups excluding carboxylic acids is 2. The smallest absolute Gasteiger partial charge is 0.545 e. The summed E-state index contributed by atoms with van der Waals surface area (Å²) < 4.78 is 45.0. The Kier molecular flexibility index (Phi) is 10.6. The van der Waals surface area contributed by atoms with E-state index in [9.17, 15) is 38.2 Å². The first-order valence-corrected chi connectivity index (χ1v) is 17.1. The summed E-state index contributed by atoms with van der Waals surface area (Å²) in [6, 6.07) is 1.88. The van der Waals surface area contributed by atoms with Gasteiger partial charge in [0, 0.05) is 64.8 Å². The van der Waals surface area contributed by atoms with E-state index in [1.807, 2.05) is 37.7 Å². The molecule has 0 radical (unpaired) electrons. The van der Waals surface area contributed by atoms with Crippen LogP contribution in [0.4, 0.5) is 20.2 Å². The minimum Gasteiger partial charge on any atom is -0.545 e. The number of nitrogens with zero attached hydrogens (tertiary/aromatic N) is 6. The van der Waals surface area contributed by atoms with Gasteiger partial charge in [-0.3, -0.25) is 9.59 Å². The molecular formula is C36H38F2N6O8Pt. The number of pyridine rings is 2. The molecule has 0 amide bonds. The molecule has 14 nitrogen and oxygen atoms in total. The second-order valence-corrected chi connectivity index (χ2v) is 13.9. The van der Waals surface area contributed by atoms with Crippen LogP contribution in [-0.4, -0.2) is 111 Å². The van der Waals surface area contributed by atoms with Crippen molar-refractivity contribution in [1.82, 2.24) is 18.9 Å². The van der Waals surface area contributed by atoms with Crippen LogP contribution in [0.2, 0.25) is 0 Å². The van der Waals surface area contributed by atoms with Crippen molar-refractivity contribution in [2.24, 2.45) is 0 Å². The molecule has 6 heterocycles. The van der Waals surface area contributed by atoms with E-state index in [-0.39, 0.29) is 57.1 Å². The number of piperazine rings is 2. The molecule has 2 atom stereocenters. The van der Waals surface area contributed by atoms with Crippen LogP contribution in [0.15, 0.2) is 34.1 Å². The number of carboxylic acids is 2. The maximum Gasteiger partial charge on any atom is 2.00 e. The van der Waals surface area contributed by atoms with Crippen molar-refractivity contribution in [2.75, 3.05) is 89.5 Å². The summed E-state index contributed by atoms with van der Waals surface area (Å²) in [4.78, 5) is 55.8. The first-order chi connectivity index (χ1) is 24.8. The van der Waals surface area contributed by atoms with Gasteiger partial charge < -0.3 is 58.0 Å². The molecule has 8 rings (SSSR count). The molecule has 17 heteroatoms. The summed E-state index contributed by atoms with van der Waals surface area (Å²) in [5, 5.41) is 22.6. The van der Waals surface area contributed by atoms with Gasteiger partial charge in [-0.1, -0.05) is 0 Å². The van der Waals surface area contributed by atoms with Crippen molar-refractivity contribution >= 4 is 45.1 Å². The molecular weight excluding hydrogens is 878 g/mol. The number of carbonyl (C=O) groups is 2. The number of anilines is 2. The van der Waals surface area contributed by atoms with Gasteiger partial charge in [0.15, 0.2) is 34.0 Å². The van der Waals surface area contributed by atoms with Crippen LogP contribution < -0.4 is 40.3 Å². The van der Waals surface area contributed by atoms with Crippen molar-refractivity contribution in [3.8, 4) is 11.5 Å². The van der Waals surface area contributed by atoms with Gasteiger partial charge in [0.1, 0.15) is 24.6 Å². The molecule has 2 saturated heterocycles. The molecule has 2 fully saturated rings. The van der Waals surface area contributed by atoms with Gasteiger partial charge in [0.2, 0.25) is 0 Å². The zero-order chi connectivity index (χ0) is 37.2. The van der Waals surface area contributed by atoms with E-state index in [0.29, 0.717) is 60.1 Å². The minimum atomic E-state index is -1.57. The minimum absolute atomic E-state index is 0. The standard InChI is InChI=1S/2C18H20FN3O4.Pt/c2*1-10-9-26-17-14-11(16(23)12(18(24)25)8-22(10)14)7-13(19)15(17)21-5-3-20(2)4-6-21;/h2*7-8,10H,3-6,9H2,1-2H3,(H,24,25);/q;;+2/p-2. The molecule has 284 valence electrons. The summed E-state index contributed by atoms with van der Waals surface area (Å²) in [6.07, 6.45) is 2.56. The monoisotopic (exact) mass is 915 g/mol. The van der Waals surface area contributed by atoms with Crippen LogP contribution >= 0.6 is 0 Å². The molecule has 4 aliphatic heterocycles. The molecule has 0 saturated carbocycles. The number of hydrogen-bond acceptors (Lipinski definition) is 12. The molecule has 2 unspecified atom stereocenters. The summed E-state index contributed by atoms with van der Waals surface area (Å²) in [6.45, 7) is 10.00. The van der Waals surface area contributed by atoms with E-state index in [4.69, 9.17) is 9.47 Å². The maximum absolute atomic E-state index is 15.0. The van der Waals surface area contributed by atoms with Crippen molar-refractivity contribution in [1.29, 1.82) is 0 Å². The quantitative estimate of drug-likeness (QED) is 0.279. The third-order valence-electron chi connectivity index (χ3n) is 10.4. The van der Waals surface area contributed by atoms with Gasteiger partial charge in [0.25, 0.3) is 0 Å². The van der Waals surface area contributed by atoms with Gasteiger partial charge >= 0.3 is 21.1 Å². The van der Waals surface area contributed by atoms with E-state index in [1.165, 1.54) is 12.4 Å². The van der Waals surface area contributed by atoms with Crippen molar-refractivity contribution in [3.05, 3.63) is 67.7 Å². The SMILES string of the molecule is CC1COc2c(N3CCN(C)CC3)c(F)cc3c(=O)c(C(=O)[O-])cn1c23.CC1COc2c(N3CCN(C)CC3)c(F)cc3c(=O)c(C(=O)[O-])cn1c23.[Pt+2]. The first-order valence-electron chi connectivity index (χ1n) is 17.1. The normalized spacial score (nSPS) is 19.9. The third kappa shape index (κ3) is 6.65. The topological polar surface area (TPSA) is 156 Å². The second-order valence-electron chi connectivity index (χ2n) is 13.9. The molecule has 4 aliphatic rings. The van der Waals surface area contributed by atoms with Crippen molar-refractivity contribution in [2.45, 2.75) is 25.9 Å². The fraction of sp³-hybridized carbons (Fsp3) is 0.444. The average molecular weight is 916 g/mol. The number of hydrogen-bond donors (Lipinski definition) is 0. The van der Waals surface area contributed by atoms with Gasteiger partial charge in [-0.05, 0) is 40.1 Å². The van der Waals surface area contributed by atoms with E-state index in [0.717, 1.165) is 38.3 Å². The largest absolute Gasteiger partial charge is 2.00 e. The predicted molar refractivity (Wildman–Crippen MR) is 185 cm³/mol. The Hall–Kier alpha value is -4.53. The molecule has 0 spiro atoms. The average Bonchev–Trinajstić information content (AvgIpc) is 3.10. The number of ether oxygens (including phenoxy) is 2. The maximum atomic E-state index is 15.0. The number of halogens is 2. The fourth-order valence-electron chi connectivity index (χ4n) is 7.36. The number of aromatic nitrogens is 2. The van der Waals surface area contributed by atoms with E-state index < -0.39 is 45.6 Å². The Balaban J connectivity index is 0.000000178.